The smallest absolute Gasteiger partial charge is 0.261 e. The molecule has 2 amide bonds. The summed E-state index contributed by atoms with van der Waals surface area (Å²) in [6, 6.07) is 9.57. The Labute approximate surface area is 132 Å². The van der Waals surface area contributed by atoms with Gasteiger partial charge in [0.2, 0.25) is 5.91 Å². The lowest BCUT2D eigenvalue weighted by Crippen LogP contribution is -2.37. The Balaban J connectivity index is 1.83. The number of aryl methyl sites for hydroxylation is 1. The van der Waals surface area contributed by atoms with Crippen molar-refractivity contribution in [1.29, 1.82) is 0 Å². The van der Waals surface area contributed by atoms with Crippen LogP contribution in [0.4, 0.5) is 4.39 Å². The van der Waals surface area contributed by atoms with Gasteiger partial charge in [-0.05, 0) is 36.8 Å². The van der Waals surface area contributed by atoms with Crippen LogP contribution in [0.25, 0.3) is 0 Å². The standard InChI is InChI=1S/C16H17FN2O2S/c1-11-3-8-14(22-11)16(21)18-9-15(20)19(2)10-12-4-6-13(17)7-5-12/h3-8H,9-10H2,1-2H3,(H,18,21). The van der Waals surface area contributed by atoms with Gasteiger partial charge in [-0.2, -0.15) is 0 Å². The van der Waals surface area contributed by atoms with Crippen molar-refractivity contribution in [2.75, 3.05) is 13.6 Å². The minimum atomic E-state index is -0.309. The molecule has 0 spiro atoms. The van der Waals surface area contributed by atoms with Crippen molar-refractivity contribution in [3.05, 3.63) is 57.5 Å². The van der Waals surface area contributed by atoms with Crippen LogP contribution in [0.5, 0.6) is 0 Å². The van der Waals surface area contributed by atoms with Gasteiger partial charge < -0.3 is 10.2 Å². The van der Waals surface area contributed by atoms with Gasteiger partial charge in [0, 0.05) is 18.5 Å². The third-order valence-electron chi connectivity index (χ3n) is 3.12. The number of carbonyl (C=O) groups excluding carboxylic acids is 2. The van der Waals surface area contributed by atoms with Crippen LogP contribution in [0.15, 0.2) is 36.4 Å². The van der Waals surface area contributed by atoms with Crippen molar-refractivity contribution in [3.8, 4) is 0 Å². The molecule has 22 heavy (non-hydrogen) atoms. The number of likely N-dealkylation sites (N-methyl/N-ethyl adjacent to an activating group) is 1. The molecule has 0 bridgehead atoms. The fourth-order valence-corrected chi connectivity index (χ4v) is 2.67. The van der Waals surface area contributed by atoms with E-state index in [1.807, 2.05) is 13.0 Å². The van der Waals surface area contributed by atoms with Crippen molar-refractivity contribution in [3.63, 3.8) is 0 Å². The predicted octanol–water partition coefficient (Wildman–Crippen LogP) is 2.58. The molecule has 0 aliphatic carbocycles. The largest absolute Gasteiger partial charge is 0.342 e. The molecule has 6 heteroatoms. The summed E-state index contributed by atoms with van der Waals surface area (Å²) in [5.74, 6) is -0.760. The lowest BCUT2D eigenvalue weighted by atomic mass is 10.2. The lowest BCUT2D eigenvalue weighted by molar-refractivity contribution is -0.129. The van der Waals surface area contributed by atoms with Crippen molar-refractivity contribution in [1.82, 2.24) is 10.2 Å². The summed E-state index contributed by atoms with van der Waals surface area (Å²) in [5, 5.41) is 2.61. The van der Waals surface area contributed by atoms with Crippen LogP contribution in [0.1, 0.15) is 20.1 Å². The maximum Gasteiger partial charge on any atom is 0.261 e. The van der Waals surface area contributed by atoms with Gasteiger partial charge >= 0.3 is 0 Å². The Morgan fingerprint density at radius 2 is 1.86 bits per heavy atom. The van der Waals surface area contributed by atoms with Crippen LogP contribution in [0.2, 0.25) is 0 Å². The molecule has 0 saturated heterocycles. The molecule has 1 aromatic heterocycles. The van der Waals surface area contributed by atoms with Gasteiger partial charge in [-0.15, -0.1) is 11.3 Å². The summed E-state index contributed by atoms with van der Waals surface area (Å²) in [4.78, 5) is 27.0. The molecule has 0 saturated carbocycles. The highest BCUT2D eigenvalue weighted by atomic mass is 32.1. The zero-order chi connectivity index (χ0) is 16.1. The SMILES string of the molecule is Cc1ccc(C(=O)NCC(=O)N(C)Cc2ccc(F)cc2)s1. The quantitative estimate of drug-likeness (QED) is 0.920. The summed E-state index contributed by atoms with van der Waals surface area (Å²) in [6.45, 7) is 2.23. The summed E-state index contributed by atoms with van der Waals surface area (Å²) in [6.07, 6.45) is 0. The third-order valence-corrected chi connectivity index (χ3v) is 4.12. The average Bonchev–Trinajstić information content (AvgIpc) is 2.93. The molecule has 2 rings (SSSR count). The van der Waals surface area contributed by atoms with Gasteiger partial charge in [0.05, 0.1) is 11.4 Å². The van der Waals surface area contributed by atoms with Crippen molar-refractivity contribution in [2.45, 2.75) is 13.5 Å². The molecule has 0 aliphatic rings. The summed E-state index contributed by atoms with van der Waals surface area (Å²) < 4.78 is 12.8. The minimum Gasteiger partial charge on any atom is -0.342 e. The highest BCUT2D eigenvalue weighted by Gasteiger charge is 2.13. The first-order valence-electron chi connectivity index (χ1n) is 6.79. The maximum absolute atomic E-state index is 12.8. The number of thiophene rings is 1. The van der Waals surface area contributed by atoms with E-state index in [2.05, 4.69) is 5.32 Å². The summed E-state index contributed by atoms with van der Waals surface area (Å²) in [7, 11) is 1.65. The second kappa shape index (κ2) is 7.17. The molecule has 1 N–H and O–H groups in total. The number of amides is 2. The second-order valence-electron chi connectivity index (χ2n) is 4.97. The Kier molecular flexibility index (Phi) is 5.27. The molecule has 1 heterocycles. The first kappa shape index (κ1) is 16.2. The van der Waals surface area contributed by atoms with E-state index in [-0.39, 0.29) is 24.2 Å². The molecular formula is C16H17FN2O2S. The molecular weight excluding hydrogens is 303 g/mol. The maximum atomic E-state index is 12.8. The average molecular weight is 320 g/mol. The fourth-order valence-electron chi connectivity index (χ4n) is 1.89. The van der Waals surface area contributed by atoms with Gasteiger partial charge in [-0.3, -0.25) is 9.59 Å². The molecule has 1 aromatic carbocycles. The van der Waals surface area contributed by atoms with Gasteiger partial charge in [-0.1, -0.05) is 12.1 Å². The van der Waals surface area contributed by atoms with Crippen molar-refractivity contribution >= 4 is 23.2 Å². The van der Waals surface area contributed by atoms with Crippen molar-refractivity contribution < 1.29 is 14.0 Å². The first-order valence-corrected chi connectivity index (χ1v) is 7.60. The minimum absolute atomic E-state index is 0.0620. The van der Waals surface area contributed by atoms with Crippen LogP contribution < -0.4 is 5.32 Å². The number of hydrogen-bond donors (Lipinski definition) is 1. The van der Waals surface area contributed by atoms with Gasteiger partial charge in [0.25, 0.3) is 5.91 Å². The molecule has 0 atom stereocenters. The molecule has 0 fully saturated rings. The highest BCUT2D eigenvalue weighted by molar-refractivity contribution is 7.13. The monoisotopic (exact) mass is 320 g/mol. The van der Waals surface area contributed by atoms with E-state index in [1.54, 1.807) is 25.2 Å². The molecule has 0 unspecified atom stereocenters. The Bertz CT molecular complexity index is 667. The number of halogens is 1. The van der Waals surface area contributed by atoms with Crippen LogP contribution in [-0.2, 0) is 11.3 Å². The molecule has 2 aromatic rings. The lowest BCUT2D eigenvalue weighted by Gasteiger charge is -2.17. The van der Waals surface area contributed by atoms with Crippen molar-refractivity contribution in [2.24, 2.45) is 0 Å². The topological polar surface area (TPSA) is 49.4 Å². The van der Waals surface area contributed by atoms with E-state index in [0.717, 1.165) is 10.4 Å². The number of benzene rings is 1. The van der Waals surface area contributed by atoms with Crippen LogP contribution in [-0.4, -0.2) is 30.3 Å². The Hall–Kier alpha value is -2.21. The van der Waals surface area contributed by atoms with E-state index in [9.17, 15) is 14.0 Å². The molecule has 0 aliphatic heterocycles. The van der Waals surface area contributed by atoms with Gasteiger partial charge in [0.15, 0.2) is 0 Å². The van der Waals surface area contributed by atoms with E-state index in [1.165, 1.54) is 28.4 Å². The zero-order valence-corrected chi connectivity index (χ0v) is 13.2. The normalized spacial score (nSPS) is 10.3. The van der Waals surface area contributed by atoms with Crippen LogP contribution >= 0.6 is 11.3 Å². The van der Waals surface area contributed by atoms with E-state index in [0.29, 0.717) is 11.4 Å². The van der Waals surface area contributed by atoms with E-state index in [4.69, 9.17) is 0 Å². The number of carbonyl (C=O) groups is 2. The second-order valence-corrected chi connectivity index (χ2v) is 6.26. The molecule has 4 nitrogen and oxygen atoms in total. The summed E-state index contributed by atoms with van der Waals surface area (Å²) in [5.41, 5.74) is 0.831. The van der Waals surface area contributed by atoms with Crippen LogP contribution in [0.3, 0.4) is 0 Å². The predicted molar refractivity (Wildman–Crippen MR) is 84.3 cm³/mol. The molecule has 116 valence electrons. The number of nitrogens with one attached hydrogen (secondary N) is 1. The Morgan fingerprint density at radius 1 is 1.18 bits per heavy atom. The fraction of sp³-hybridized carbons (Fsp3) is 0.250. The van der Waals surface area contributed by atoms with Gasteiger partial charge in [0.1, 0.15) is 5.82 Å². The van der Waals surface area contributed by atoms with E-state index >= 15 is 0 Å². The zero-order valence-electron chi connectivity index (χ0n) is 12.4. The van der Waals surface area contributed by atoms with Crippen LogP contribution in [0, 0.1) is 12.7 Å². The first-order chi connectivity index (χ1) is 10.5. The number of rotatable bonds is 5. The Morgan fingerprint density at radius 3 is 2.45 bits per heavy atom. The van der Waals surface area contributed by atoms with Gasteiger partial charge in [-0.25, -0.2) is 4.39 Å². The highest BCUT2D eigenvalue weighted by Crippen LogP contribution is 2.14. The summed E-state index contributed by atoms with van der Waals surface area (Å²) >= 11 is 1.39. The number of hydrogen-bond acceptors (Lipinski definition) is 3. The molecule has 0 radical (unpaired) electrons. The third kappa shape index (κ3) is 4.39. The van der Waals surface area contributed by atoms with E-state index < -0.39 is 0 Å². The number of nitrogens with zero attached hydrogens (tertiary/aromatic N) is 1.